The standard InChI is InChI=1S/C18H15F2NO3/c1-11(22)21-16-15(12-7-3-2-4-8-12)13-9-5-6-10-14(13)24-18(16,23)17(19)20/h2-10,17,23H,1H3,(H,21,22). The maximum absolute atomic E-state index is 13.6. The van der Waals surface area contributed by atoms with Crippen molar-refractivity contribution in [2.75, 3.05) is 0 Å². The topological polar surface area (TPSA) is 58.6 Å². The molecule has 0 spiro atoms. The number of amides is 1. The van der Waals surface area contributed by atoms with E-state index < -0.39 is 18.1 Å². The van der Waals surface area contributed by atoms with E-state index in [4.69, 9.17) is 4.74 Å². The average Bonchev–Trinajstić information content (AvgIpc) is 2.56. The number of nitrogens with one attached hydrogen (secondary N) is 1. The smallest absolute Gasteiger partial charge is 0.312 e. The third kappa shape index (κ3) is 2.65. The van der Waals surface area contributed by atoms with E-state index in [0.717, 1.165) is 0 Å². The fourth-order valence-corrected chi connectivity index (χ4v) is 2.68. The zero-order chi connectivity index (χ0) is 17.3. The van der Waals surface area contributed by atoms with Gasteiger partial charge in [0, 0.05) is 18.1 Å². The van der Waals surface area contributed by atoms with Gasteiger partial charge in [0.1, 0.15) is 11.4 Å². The van der Waals surface area contributed by atoms with Gasteiger partial charge >= 0.3 is 12.2 Å². The summed E-state index contributed by atoms with van der Waals surface area (Å²) in [6, 6.07) is 15.2. The Balaban J connectivity index is 2.35. The Labute approximate surface area is 137 Å². The van der Waals surface area contributed by atoms with Crippen LogP contribution in [0.25, 0.3) is 5.57 Å². The van der Waals surface area contributed by atoms with Crippen LogP contribution in [0.1, 0.15) is 18.1 Å². The van der Waals surface area contributed by atoms with Crippen LogP contribution in [-0.2, 0) is 4.79 Å². The SMILES string of the molecule is CC(=O)NC1=C(c2ccccc2)c2ccccc2OC1(O)C(F)F. The second-order valence-corrected chi connectivity index (χ2v) is 5.39. The van der Waals surface area contributed by atoms with Crippen LogP contribution in [-0.4, -0.2) is 23.2 Å². The quantitative estimate of drug-likeness (QED) is 0.909. The Morgan fingerprint density at radius 2 is 1.75 bits per heavy atom. The number of ether oxygens (including phenoxy) is 1. The first kappa shape index (κ1) is 16.1. The highest BCUT2D eigenvalue weighted by atomic mass is 19.3. The van der Waals surface area contributed by atoms with Crippen molar-refractivity contribution in [3.8, 4) is 5.75 Å². The van der Waals surface area contributed by atoms with Crippen LogP contribution >= 0.6 is 0 Å². The molecule has 0 fully saturated rings. The van der Waals surface area contributed by atoms with Crippen molar-refractivity contribution in [1.82, 2.24) is 5.32 Å². The minimum atomic E-state index is -3.26. The molecule has 1 aliphatic rings. The van der Waals surface area contributed by atoms with Crippen molar-refractivity contribution in [2.45, 2.75) is 19.1 Å². The van der Waals surface area contributed by atoms with Gasteiger partial charge in [0.15, 0.2) is 0 Å². The highest BCUT2D eigenvalue weighted by Crippen LogP contribution is 2.44. The molecule has 0 radical (unpaired) electrons. The third-order valence-electron chi connectivity index (χ3n) is 3.69. The lowest BCUT2D eigenvalue weighted by Crippen LogP contribution is -2.52. The highest BCUT2D eigenvalue weighted by molar-refractivity contribution is 5.90. The molecule has 124 valence electrons. The maximum Gasteiger partial charge on any atom is 0.312 e. The molecule has 0 aromatic heterocycles. The normalized spacial score (nSPS) is 19.7. The average molecular weight is 331 g/mol. The van der Waals surface area contributed by atoms with E-state index in [1.807, 2.05) is 0 Å². The minimum Gasteiger partial charge on any atom is -0.451 e. The number of carbonyl (C=O) groups is 1. The van der Waals surface area contributed by atoms with Gasteiger partial charge in [0.05, 0.1) is 0 Å². The molecule has 0 saturated heterocycles. The molecule has 24 heavy (non-hydrogen) atoms. The molecule has 2 N–H and O–H groups in total. The first-order valence-corrected chi connectivity index (χ1v) is 7.30. The molecule has 1 amide bonds. The lowest BCUT2D eigenvalue weighted by Gasteiger charge is -2.37. The zero-order valence-electron chi connectivity index (χ0n) is 12.8. The molecular formula is C18H15F2NO3. The van der Waals surface area contributed by atoms with Crippen molar-refractivity contribution >= 4 is 11.5 Å². The summed E-state index contributed by atoms with van der Waals surface area (Å²) in [7, 11) is 0. The van der Waals surface area contributed by atoms with E-state index >= 15 is 0 Å². The zero-order valence-corrected chi connectivity index (χ0v) is 12.8. The van der Waals surface area contributed by atoms with Crippen molar-refractivity contribution in [3.63, 3.8) is 0 Å². The van der Waals surface area contributed by atoms with Gasteiger partial charge in [-0.2, -0.15) is 0 Å². The van der Waals surface area contributed by atoms with Gasteiger partial charge < -0.3 is 15.2 Å². The van der Waals surface area contributed by atoms with Crippen LogP contribution in [0.3, 0.4) is 0 Å². The predicted molar refractivity (Wildman–Crippen MR) is 84.3 cm³/mol. The van der Waals surface area contributed by atoms with Crippen LogP contribution in [0.15, 0.2) is 60.3 Å². The molecular weight excluding hydrogens is 316 g/mol. The second kappa shape index (κ2) is 6.05. The molecule has 3 rings (SSSR count). The number of fused-ring (bicyclic) bond motifs is 1. The van der Waals surface area contributed by atoms with E-state index in [9.17, 15) is 18.7 Å². The van der Waals surface area contributed by atoms with Crippen molar-refractivity contribution in [2.24, 2.45) is 0 Å². The summed E-state index contributed by atoms with van der Waals surface area (Å²) in [5.74, 6) is -3.40. The van der Waals surface area contributed by atoms with Crippen LogP contribution in [0, 0.1) is 0 Å². The van der Waals surface area contributed by atoms with Gasteiger partial charge in [0.25, 0.3) is 0 Å². The maximum atomic E-state index is 13.6. The summed E-state index contributed by atoms with van der Waals surface area (Å²) in [6.07, 6.45) is -3.26. The third-order valence-corrected chi connectivity index (χ3v) is 3.69. The molecule has 6 heteroatoms. The minimum absolute atomic E-state index is 0.119. The number of hydrogen-bond donors (Lipinski definition) is 2. The first-order valence-electron chi connectivity index (χ1n) is 7.30. The molecule has 4 nitrogen and oxygen atoms in total. The molecule has 0 aliphatic carbocycles. The van der Waals surface area contributed by atoms with E-state index in [0.29, 0.717) is 16.7 Å². The molecule has 1 aliphatic heterocycles. The van der Waals surface area contributed by atoms with Gasteiger partial charge in [-0.15, -0.1) is 0 Å². The van der Waals surface area contributed by atoms with E-state index in [1.165, 1.54) is 13.0 Å². The van der Waals surface area contributed by atoms with Gasteiger partial charge in [-0.1, -0.05) is 48.5 Å². The summed E-state index contributed by atoms with van der Waals surface area (Å²) in [4.78, 5) is 11.6. The van der Waals surface area contributed by atoms with Crippen molar-refractivity contribution in [3.05, 3.63) is 71.4 Å². The number of benzene rings is 2. The highest BCUT2D eigenvalue weighted by Gasteiger charge is 2.50. The summed E-state index contributed by atoms with van der Waals surface area (Å²) < 4.78 is 32.4. The first-order chi connectivity index (χ1) is 11.4. The summed E-state index contributed by atoms with van der Waals surface area (Å²) in [6.45, 7) is 1.18. The van der Waals surface area contributed by atoms with Gasteiger partial charge in [-0.05, 0) is 11.6 Å². The number of carbonyl (C=O) groups excluding carboxylic acids is 1. The number of halogens is 2. The lowest BCUT2D eigenvalue weighted by molar-refractivity contribution is -0.198. The van der Waals surface area contributed by atoms with Crippen LogP contribution in [0.5, 0.6) is 5.75 Å². The molecule has 0 saturated carbocycles. The Morgan fingerprint density at radius 1 is 1.12 bits per heavy atom. The molecule has 1 heterocycles. The fourth-order valence-electron chi connectivity index (χ4n) is 2.68. The van der Waals surface area contributed by atoms with Gasteiger partial charge in [-0.25, -0.2) is 8.78 Å². The monoisotopic (exact) mass is 331 g/mol. The number of rotatable bonds is 3. The molecule has 1 atom stereocenters. The Bertz CT molecular complexity index is 805. The number of alkyl halides is 2. The number of hydrogen-bond acceptors (Lipinski definition) is 3. The second-order valence-electron chi connectivity index (χ2n) is 5.39. The fraction of sp³-hybridized carbons (Fsp3) is 0.167. The number of aliphatic hydroxyl groups is 1. The Kier molecular flexibility index (Phi) is 4.07. The van der Waals surface area contributed by atoms with Crippen molar-refractivity contribution < 1.29 is 23.4 Å². The lowest BCUT2D eigenvalue weighted by atomic mass is 9.90. The van der Waals surface area contributed by atoms with E-state index in [1.54, 1.807) is 48.5 Å². The van der Waals surface area contributed by atoms with Crippen LogP contribution < -0.4 is 10.1 Å². The Hall–Kier alpha value is -2.73. The predicted octanol–water partition coefficient (Wildman–Crippen LogP) is 2.93. The summed E-state index contributed by atoms with van der Waals surface area (Å²) in [5, 5.41) is 12.8. The van der Waals surface area contributed by atoms with Crippen LogP contribution in [0.2, 0.25) is 0 Å². The van der Waals surface area contributed by atoms with Crippen LogP contribution in [0.4, 0.5) is 8.78 Å². The summed E-state index contributed by atoms with van der Waals surface area (Å²) >= 11 is 0. The number of para-hydroxylation sites is 1. The molecule has 2 aromatic carbocycles. The van der Waals surface area contributed by atoms with Crippen molar-refractivity contribution in [1.29, 1.82) is 0 Å². The Morgan fingerprint density at radius 3 is 2.38 bits per heavy atom. The largest absolute Gasteiger partial charge is 0.451 e. The van der Waals surface area contributed by atoms with E-state index in [2.05, 4.69) is 5.32 Å². The van der Waals surface area contributed by atoms with Gasteiger partial charge in [0.2, 0.25) is 5.91 Å². The molecule has 1 unspecified atom stereocenters. The van der Waals surface area contributed by atoms with E-state index in [-0.39, 0.29) is 11.4 Å². The van der Waals surface area contributed by atoms with Gasteiger partial charge in [-0.3, -0.25) is 4.79 Å². The summed E-state index contributed by atoms with van der Waals surface area (Å²) in [5.41, 5.74) is 1.03. The molecule has 0 bridgehead atoms. The molecule has 2 aromatic rings.